The van der Waals surface area contributed by atoms with Gasteiger partial charge < -0.3 is 0 Å². The molecule has 2 aromatic rings. The summed E-state index contributed by atoms with van der Waals surface area (Å²) in [6, 6.07) is 3.29. The molecule has 1 N–H and O–H groups in total. The topological polar surface area (TPSA) is 80.3 Å². The highest BCUT2D eigenvalue weighted by molar-refractivity contribution is 7.92. The Kier molecular flexibility index (Phi) is 7.27. The Morgan fingerprint density at radius 3 is 1.91 bits per heavy atom. The van der Waals surface area contributed by atoms with Gasteiger partial charge in [0.15, 0.2) is 0 Å². The zero-order valence-corrected chi connectivity index (χ0v) is 19.8. The van der Waals surface area contributed by atoms with Gasteiger partial charge in [0.25, 0.3) is 0 Å². The normalized spacial score (nSPS) is 22.2. The van der Waals surface area contributed by atoms with Crippen molar-refractivity contribution in [3.05, 3.63) is 58.6 Å². The Balaban J connectivity index is 1.76. The molecule has 0 saturated heterocycles. The maximum Gasteiger partial charge on any atom is 0.416 e. The molecular formula is C20H17ClF7NO4S2. The van der Waals surface area contributed by atoms with Crippen molar-refractivity contribution in [2.75, 3.05) is 0 Å². The van der Waals surface area contributed by atoms with Crippen molar-refractivity contribution in [1.82, 2.24) is 4.72 Å². The fourth-order valence-corrected chi connectivity index (χ4v) is 7.25. The van der Waals surface area contributed by atoms with Gasteiger partial charge in [0, 0.05) is 6.04 Å². The van der Waals surface area contributed by atoms with Gasteiger partial charge in [-0.1, -0.05) is 17.7 Å². The van der Waals surface area contributed by atoms with Crippen molar-refractivity contribution in [3.8, 4) is 0 Å². The van der Waals surface area contributed by atoms with Crippen LogP contribution in [0.5, 0.6) is 0 Å². The molecule has 0 bridgehead atoms. The summed E-state index contributed by atoms with van der Waals surface area (Å²) in [5.74, 6) is 0. The zero-order valence-electron chi connectivity index (χ0n) is 17.4. The molecule has 2 aromatic carbocycles. The van der Waals surface area contributed by atoms with Gasteiger partial charge in [-0.05, 0) is 62.1 Å². The van der Waals surface area contributed by atoms with E-state index >= 15 is 4.39 Å². The van der Waals surface area contributed by atoms with Crippen LogP contribution in [0.1, 0.15) is 36.8 Å². The maximum absolute atomic E-state index is 15.4. The van der Waals surface area contributed by atoms with Crippen LogP contribution in [0.4, 0.5) is 30.7 Å². The molecule has 0 amide bonds. The van der Waals surface area contributed by atoms with E-state index in [-0.39, 0.29) is 12.8 Å². The Morgan fingerprint density at radius 2 is 1.40 bits per heavy atom. The van der Waals surface area contributed by atoms with Crippen molar-refractivity contribution in [2.45, 2.75) is 58.9 Å². The lowest BCUT2D eigenvalue weighted by Crippen LogP contribution is -2.45. The summed E-state index contributed by atoms with van der Waals surface area (Å²) in [6.45, 7) is 0. The summed E-state index contributed by atoms with van der Waals surface area (Å²) >= 11 is 5.72. The lowest BCUT2D eigenvalue weighted by atomic mass is 9.94. The minimum Gasteiger partial charge on any atom is -0.226 e. The molecule has 0 aromatic heterocycles. The Morgan fingerprint density at radius 1 is 0.857 bits per heavy atom. The monoisotopic (exact) mass is 567 g/mol. The van der Waals surface area contributed by atoms with Crippen molar-refractivity contribution in [2.24, 2.45) is 0 Å². The fraction of sp³-hybridized carbons (Fsp3) is 0.400. The highest BCUT2D eigenvalue weighted by Crippen LogP contribution is 2.42. The number of hydrogen-bond acceptors (Lipinski definition) is 4. The average molecular weight is 568 g/mol. The van der Waals surface area contributed by atoms with Crippen LogP contribution < -0.4 is 4.72 Å². The first-order valence-corrected chi connectivity index (χ1v) is 13.2. The number of nitrogens with one attached hydrogen (secondary N) is 1. The highest BCUT2D eigenvalue weighted by Gasteiger charge is 2.48. The minimum absolute atomic E-state index is 0.331. The predicted molar refractivity (Wildman–Crippen MR) is 112 cm³/mol. The van der Waals surface area contributed by atoms with Crippen molar-refractivity contribution < 1.29 is 47.6 Å². The van der Waals surface area contributed by atoms with Crippen LogP contribution in [0.3, 0.4) is 0 Å². The van der Waals surface area contributed by atoms with Gasteiger partial charge in [0.05, 0.1) is 21.0 Å². The van der Waals surface area contributed by atoms with Crippen LogP contribution >= 0.6 is 11.6 Å². The van der Waals surface area contributed by atoms with Gasteiger partial charge in [0.1, 0.15) is 4.90 Å². The number of hydrogen-bond donors (Lipinski definition) is 1. The summed E-state index contributed by atoms with van der Waals surface area (Å²) in [7, 11) is -9.31. The van der Waals surface area contributed by atoms with E-state index in [9.17, 15) is 43.2 Å². The van der Waals surface area contributed by atoms with Gasteiger partial charge in [-0.3, -0.25) is 0 Å². The van der Waals surface area contributed by atoms with Crippen LogP contribution in [-0.4, -0.2) is 27.9 Å². The van der Waals surface area contributed by atoms with E-state index in [1.54, 1.807) is 0 Å². The predicted octanol–water partition coefficient (Wildman–Crippen LogP) is 5.74. The molecule has 15 heteroatoms. The molecule has 5 nitrogen and oxygen atoms in total. The number of benzene rings is 2. The quantitative estimate of drug-likeness (QED) is 0.468. The van der Waals surface area contributed by atoms with Gasteiger partial charge in [0.2, 0.25) is 24.9 Å². The largest absolute Gasteiger partial charge is 0.416 e. The molecule has 3 rings (SSSR count). The molecule has 0 atom stereocenters. The molecule has 0 radical (unpaired) electrons. The van der Waals surface area contributed by atoms with Gasteiger partial charge >= 0.3 is 12.4 Å². The average Bonchev–Trinajstić information content (AvgIpc) is 2.74. The number of alkyl halides is 7. The summed E-state index contributed by atoms with van der Waals surface area (Å²) in [4.78, 5) is -1.51. The molecule has 0 unspecified atom stereocenters. The molecule has 1 fully saturated rings. The first-order valence-electron chi connectivity index (χ1n) is 9.87. The number of rotatable bonds is 5. The molecule has 0 heterocycles. The van der Waals surface area contributed by atoms with Crippen molar-refractivity contribution in [3.63, 3.8) is 0 Å². The van der Waals surface area contributed by atoms with Crippen molar-refractivity contribution in [1.29, 1.82) is 0 Å². The SMILES string of the molecule is O=S(=O)(N[C@H]1CC[C@@](F)(S(=O)(=O)c2cccc(C(F)(F)F)c2)CC1)c1ccc(C(F)(F)F)cc1Cl. The van der Waals surface area contributed by atoms with E-state index in [4.69, 9.17) is 11.6 Å². The summed E-state index contributed by atoms with van der Waals surface area (Å²) < 4.78 is 145. The minimum atomic E-state index is -4.86. The van der Waals surface area contributed by atoms with Crippen LogP contribution in [0.15, 0.2) is 52.3 Å². The van der Waals surface area contributed by atoms with Gasteiger partial charge in [-0.15, -0.1) is 0 Å². The maximum atomic E-state index is 15.4. The van der Waals surface area contributed by atoms with Crippen LogP contribution in [0.2, 0.25) is 5.02 Å². The Hall–Kier alpha value is -1.90. The molecule has 1 aliphatic rings. The second-order valence-electron chi connectivity index (χ2n) is 7.95. The summed E-state index contributed by atoms with van der Waals surface area (Å²) in [5.41, 5.74) is -2.43. The lowest BCUT2D eigenvalue weighted by molar-refractivity contribution is -0.138. The van der Waals surface area contributed by atoms with E-state index in [2.05, 4.69) is 4.72 Å². The van der Waals surface area contributed by atoms with Crippen LogP contribution in [0, 0.1) is 0 Å². The third-order valence-corrected chi connectivity index (χ3v) is 9.81. The van der Waals surface area contributed by atoms with E-state index in [1.165, 1.54) is 0 Å². The lowest BCUT2D eigenvalue weighted by Gasteiger charge is -2.33. The number of sulfonamides is 1. The molecule has 1 saturated carbocycles. The molecule has 0 aliphatic heterocycles. The second kappa shape index (κ2) is 9.20. The van der Waals surface area contributed by atoms with Gasteiger partial charge in [-0.2, -0.15) is 26.3 Å². The zero-order chi connectivity index (χ0) is 26.4. The number of halogens is 8. The highest BCUT2D eigenvalue weighted by atomic mass is 35.5. The Labute approximate surface area is 201 Å². The smallest absolute Gasteiger partial charge is 0.226 e. The standard InChI is InChI=1S/C20H17ClF7NO4S2/c21-16-11-13(20(26,27)28)4-5-17(16)35(32,33)29-14-6-8-18(22,9-7-14)34(30,31)15-3-1-2-12(10-15)19(23,24)25/h1-5,10-11,14,29H,6-9H2/t14-,18+. The fourth-order valence-electron chi connectivity index (χ4n) is 3.66. The van der Waals surface area contributed by atoms with Crippen molar-refractivity contribution >= 4 is 31.5 Å². The second-order valence-corrected chi connectivity index (χ2v) is 12.3. The summed E-state index contributed by atoms with van der Waals surface area (Å²) in [6.07, 6.45) is -11.7. The first kappa shape index (κ1) is 27.7. The molecular weight excluding hydrogens is 551 g/mol. The third-order valence-electron chi connectivity index (χ3n) is 5.56. The first-order chi connectivity index (χ1) is 15.9. The molecule has 0 spiro atoms. The van der Waals surface area contributed by atoms with E-state index in [1.807, 2.05) is 0 Å². The molecule has 194 valence electrons. The van der Waals surface area contributed by atoms with E-state index in [0.717, 1.165) is 12.1 Å². The summed E-state index contributed by atoms with van der Waals surface area (Å²) in [5, 5.41) is -3.64. The van der Waals surface area contributed by atoms with Gasteiger partial charge in [-0.25, -0.2) is 25.9 Å². The molecule has 1 aliphatic carbocycles. The number of sulfone groups is 1. The van der Waals surface area contributed by atoms with E-state index in [0.29, 0.717) is 30.3 Å². The third kappa shape index (κ3) is 5.75. The van der Waals surface area contributed by atoms with Crippen LogP contribution in [-0.2, 0) is 32.2 Å². The molecule has 35 heavy (non-hydrogen) atoms. The van der Waals surface area contributed by atoms with Crippen LogP contribution in [0.25, 0.3) is 0 Å². The van der Waals surface area contributed by atoms with E-state index < -0.39 is 82.0 Å². The Bertz CT molecular complexity index is 1320.